The topological polar surface area (TPSA) is 270 Å². The Bertz CT molecular complexity index is 1860. The normalized spacial score (nSPS) is 18.2. The first-order chi connectivity index (χ1) is 23.7. The molecule has 270 valence electrons. The van der Waals surface area contributed by atoms with Gasteiger partial charge in [0.05, 0.1) is 23.8 Å². The molecule has 0 spiro atoms. The molecule has 2 amide bonds. The number of rotatable bonds is 17. The molecule has 1 unspecified atom stereocenters. The maximum atomic E-state index is 13.3. The molecule has 50 heavy (non-hydrogen) atoms. The number of anilines is 1. The van der Waals surface area contributed by atoms with Crippen LogP contribution in [0, 0.1) is 5.92 Å². The quantitative estimate of drug-likeness (QED) is 0.0272. The molecule has 3 aromatic rings. The Morgan fingerprint density at radius 2 is 2.00 bits per heavy atom. The van der Waals surface area contributed by atoms with Crippen LogP contribution in [0.4, 0.5) is 5.13 Å². The number of β-lactam (4-membered cyclic amide) rings is 1. The van der Waals surface area contributed by atoms with Gasteiger partial charge in [0.1, 0.15) is 24.1 Å². The maximum Gasteiger partial charge on any atom is 0.351 e. The predicted molar refractivity (Wildman–Crippen MR) is 175 cm³/mol. The van der Waals surface area contributed by atoms with Crippen LogP contribution in [0.25, 0.3) is 11.1 Å². The number of aromatic nitrogens is 3. The van der Waals surface area contributed by atoms with E-state index in [4.69, 9.17) is 21.0 Å². The lowest BCUT2D eigenvalue weighted by Crippen LogP contribution is -2.76. The molecule has 4 heterocycles. The van der Waals surface area contributed by atoms with E-state index in [-0.39, 0.29) is 10.8 Å². The number of carboxylic acids is 1. The van der Waals surface area contributed by atoms with E-state index in [0.29, 0.717) is 23.3 Å². The lowest BCUT2D eigenvalue weighted by atomic mass is 9.84. The van der Waals surface area contributed by atoms with Gasteiger partial charge in [-0.05, 0) is 44.5 Å². The van der Waals surface area contributed by atoms with Gasteiger partial charge < -0.3 is 41.3 Å². The Morgan fingerprint density at radius 3 is 2.56 bits per heavy atom. The molecule has 19 nitrogen and oxygen atoms in total. The average Bonchev–Trinajstić information content (AvgIpc) is 3.66. The second-order valence-corrected chi connectivity index (χ2v) is 14.0. The number of amides is 2. The van der Waals surface area contributed by atoms with Gasteiger partial charge in [-0.25, -0.2) is 18.2 Å². The predicted octanol–water partition coefficient (Wildman–Crippen LogP) is -1.20. The molecule has 2 aliphatic rings. The Labute approximate surface area is 290 Å². The van der Waals surface area contributed by atoms with E-state index in [2.05, 4.69) is 46.8 Å². The summed E-state index contributed by atoms with van der Waals surface area (Å²) in [4.78, 5) is 47.0. The van der Waals surface area contributed by atoms with Crippen molar-refractivity contribution in [2.45, 2.75) is 51.0 Å². The summed E-state index contributed by atoms with van der Waals surface area (Å²) in [5.74, 6) is -2.60. The van der Waals surface area contributed by atoms with E-state index < -0.39 is 58.2 Å². The summed E-state index contributed by atoms with van der Waals surface area (Å²) in [6.07, 6.45) is 3.31. The van der Waals surface area contributed by atoms with Crippen LogP contribution in [-0.4, -0.2) is 100 Å². The number of nitrogens with two attached hydrogens (primary N) is 2. The number of carboxylic acid groups (broad SMARTS) is 1. The largest absolute Gasteiger partial charge is 0.724 e. The highest BCUT2D eigenvalue weighted by molar-refractivity contribution is 7.80. The summed E-state index contributed by atoms with van der Waals surface area (Å²) in [6, 6.07) is 5.72. The van der Waals surface area contributed by atoms with Crippen LogP contribution in [0.3, 0.4) is 0 Å². The van der Waals surface area contributed by atoms with Gasteiger partial charge in [-0.1, -0.05) is 17.3 Å². The average molecular weight is 736 g/mol. The number of nitrogens with zero attached hydrogens (tertiary/aromatic N) is 5. The van der Waals surface area contributed by atoms with Crippen LogP contribution in [0.5, 0.6) is 5.75 Å². The highest BCUT2D eigenvalue weighted by atomic mass is 32.3. The van der Waals surface area contributed by atoms with E-state index >= 15 is 0 Å². The molecule has 0 aliphatic carbocycles. The smallest absolute Gasteiger partial charge is 0.351 e. The van der Waals surface area contributed by atoms with Crippen LogP contribution in [0.15, 0.2) is 47.2 Å². The Kier molecular flexibility index (Phi) is 11.0. The number of nitrogen functional groups attached to an aromatic ring is 1. The van der Waals surface area contributed by atoms with E-state index in [1.165, 1.54) is 19.2 Å². The Balaban J connectivity index is 1.25. The molecule has 2 saturated heterocycles. The van der Waals surface area contributed by atoms with Gasteiger partial charge in [0.2, 0.25) is 16.6 Å². The van der Waals surface area contributed by atoms with E-state index in [1.807, 2.05) is 12.1 Å². The lowest BCUT2D eigenvalue weighted by Gasteiger charge is -2.51. The zero-order valence-corrected chi connectivity index (χ0v) is 28.7. The van der Waals surface area contributed by atoms with Crippen molar-refractivity contribution in [3.05, 3.63) is 47.7 Å². The monoisotopic (exact) mass is 735 g/mol. The zero-order valence-electron chi connectivity index (χ0n) is 27.1. The fourth-order valence-corrected chi connectivity index (χ4v) is 6.19. The number of nitrogens with one attached hydrogen (secondary N) is 2. The van der Waals surface area contributed by atoms with Crippen LogP contribution in [-0.2, 0) is 47.0 Å². The summed E-state index contributed by atoms with van der Waals surface area (Å²) in [5.41, 5.74) is 11.3. The first-order valence-electron chi connectivity index (χ1n) is 15.4. The highest BCUT2D eigenvalue weighted by Gasteiger charge is 2.57. The van der Waals surface area contributed by atoms with E-state index in [0.717, 1.165) is 55.1 Å². The number of aryl methyl sites for hydroxylation is 1. The zero-order chi connectivity index (χ0) is 36.2. The molecule has 0 bridgehead atoms. The van der Waals surface area contributed by atoms with Crippen molar-refractivity contribution in [2.24, 2.45) is 16.8 Å². The summed E-state index contributed by atoms with van der Waals surface area (Å²) in [5, 5.41) is 20.9. The molecule has 7 N–H and O–H groups in total. The Hall–Kier alpha value is -4.67. The molecule has 21 heteroatoms. The summed E-state index contributed by atoms with van der Waals surface area (Å²) >= 11 is 0.957. The number of aliphatic carboxylic acids is 1. The van der Waals surface area contributed by atoms with Crippen molar-refractivity contribution >= 4 is 50.4 Å². The van der Waals surface area contributed by atoms with Gasteiger partial charge in [-0.2, -0.15) is 14.0 Å². The molecule has 5 rings (SSSR count). The van der Waals surface area contributed by atoms with Crippen molar-refractivity contribution in [3.63, 3.8) is 0 Å². The Morgan fingerprint density at radius 1 is 1.28 bits per heavy atom. The lowest BCUT2D eigenvalue weighted by molar-refractivity contribution is -0.781. The van der Waals surface area contributed by atoms with Crippen molar-refractivity contribution < 1.29 is 51.0 Å². The minimum absolute atomic E-state index is 0.0555. The summed E-state index contributed by atoms with van der Waals surface area (Å²) < 4.78 is 47.3. The first-order valence-corrected chi connectivity index (χ1v) is 17.6. The molecule has 2 fully saturated rings. The van der Waals surface area contributed by atoms with Gasteiger partial charge in [0.25, 0.3) is 17.9 Å². The SMILES string of the molecule is CC1(C)C(NC(=O)/C(=N\O[C@@H](COc2ccc(-c3cn(CCCN)[n+](CC4CNC4)c3)cc2)C(=O)O)c2csc(N)n2)C(=O)N1OS(=O)(=O)[O-]. The summed E-state index contributed by atoms with van der Waals surface area (Å²) in [6.45, 7) is 6.39. The third-order valence-electron chi connectivity index (χ3n) is 8.04. The molecule has 0 saturated carbocycles. The fourth-order valence-electron chi connectivity index (χ4n) is 5.19. The molecular formula is C29H37N9O10S2. The molecule has 0 radical (unpaired) electrons. The number of ether oxygens (including phenoxy) is 1. The number of hydrogen-bond donors (Lipinski definition) is 5. The van der Waals surface area contributed by atoms with Crippen LogP contribution >= 0.6 is 11.3 Å². The van der Waals surface area contributed by atoms with Crippen LogP contribution < -0.4 is 31.5 Å². The van der Waals surface area contributed by atoms with Gasteiger partial charge in [-0.3, -0.25) is 9.59 Å². The first kappa shape index (κ1) is 36.6. The van der Waals surface area contributed by atoms with Crippen molar-refractivity contribution in [3.8, 4) is 16.9 Å². The highest BCUT2D eigenvalue weighted by Crippen LogP contribution is 2.33. The minimum Gasteiger partial charge on any atom is -0.724 e. The van der Waals surface area contributed by atoms with Crippen molar-refractivity contribution in [1.29, 1.82) is 0 Å². The van der Waals surface area contributed by atoms with E-state index in [9.17, 15) is 32.5 Å². The van der Waals surface area contributed by atoms with Gasteiger partial charge >= 0.3 is 5.97 Å². The van der Waals surface area contributed by atoms with Gasteiger partial charge in [0.15, 0.2) is 17.4 Å². The number of benzene rings is 1. The molecule has 2 atom stereocenters. The second kappa shape index (κ2) is 15.1. The second-order valence-electron chi connectivity index (χ2n) is 12.1. The van der Waals surface area contributed by atoms with Crippen LogP contribution in [0.2, 0.25) is 0 Å². The van der Waals surface area contributed by atoms with Crippen molar-refractivity contribution in [1.82, 2.24) is 25.4 Å². The van der Waals surface area contributed by atoms with Crippen molar-refractivity contribution in [2.75, 3.05) is 32.0 Å². The molecule has 1 aromatic carbocycles. The number of oxime groups is 1. The van der Waals surface area contributed by atoms with E-state index in [1.54, 1.807) is 12.1 Å². The molecule has 2 aromatic heterocycles. The number of hydroxylamine groups is 2. The van der Waals surface area contributed by atoms with Gasteiger partial charge in [0, 0.05) is 24.4 Å². The number of carbonyl (C=O) groups excluding carboxylic acids is 2. The third kappa shape index (κ3) is 8.54. The van der Waals surface area contributed by atoms with Gasteiger partial charge in [-0.15, -0.1) is 16.0 Å². The summed E-state index contributed by atoms with van der Waals surface area (Å²) in [7, 11) is -5.27. The minimum atomic E-state index is -5.27. The standard InChI is InChI=1S/C29H37N9O10S2/c1-29(2)24(26(40)38(29)48-50(43,44)45)34-25(39)23(21-16-49-28(31)33-21)35-47-22(27(41)42)15-46-20-6-4-18(5-7-20)19-13-36(9-3-8-30)37(14-19)12-17-10-32-11-17/h4-7,13-14,16-17,22,24,32H,3,8-12,15,30H2,1-2H3,(H4-,31,33,34,39,41,42,43,44,45)/b35-23-/t22-,24?/m0/s1. The van der Waals surface area contributed by atoms with Crippen LogP contribution in [0.1, 0.15) is 26.0 Å². The number of carbonyl (C=O) groups is 3. The molecule has 2 aliphatic heterocycles. The molecular weight excluding hydrogens is 699 g/mol. The maximum absolute atomic E-state index is 13.3. The fraction of sp³-hybridized carbons (Fsp3) is 0.448. The number of thiazole rings is 1. The third-order valence-corrected chi connectivity index (χ3v) is 9.05. The number of hydrogen-bond acceptors (Lipinski definition) is 15.